The van der Waals surface area contributed by atoms with Crippen molar-refractivity contribution in [2.45, 2.75) is 135 Å². The zero-order valence-corrected chi connectivity index (χ0v) is 32.5. The van der Waals surface area contributed by atoms with Crippen LogP contribution in [0.25, 0.3) is 44.7 Å². The molecule has 0 saturated carbocycles. The molecule has 12 nitrogen and oxygen atoms in total. The van der Waals surface area contributed by atoms with E-state index in [2.05, 4.69) is 142 Å². The van der Waals surface area contributed by atoms with E-state index in [1.807, 2.05) is 55.0 Å². The van der Waals surface area contributed by atoms with Crippen LogP contribution in [0.15, 0.2) is 80.0 Å². The van der Waals surface area contributed by atoms with E-state index in [0.29, 0.717) is 0 Å². The van der Waals surface area contributed by atoms with Crippen LogP contribution in [0, 0.1) is 0 Å². The van der Waals surface area contributed by atoms with Gasteiger partial charge in [0, 0.05) is 40.7 Å². The molecule has 0 aliphatic heterocycles. The van der Waals surface area contributed by atoms with Gasteiger partial charge in [-0.15, -0.1) is 0 Å². The number of hydrogen-bond acceptors (Lipinski definition) is 8. The number of aromatic nitrogens is 12. The highest BCUT2D eigenvalue weighted by molar-refractivity contribution is 5.75. The van der Waals surface area contributed by atoms with E-state index in [4.69, 9.17) is 0 Å². The van der Waals surface area contributed by atoms with Crippen molar-refractivity contribution in [2.75, 3.05) is 0 Å². The second-order valence-corrected chi connectivity index (χ2v) is 16.8. The number of hydrogen-bond donors (Lipinski definition) is 3. The van der Waals surface area contributed by atoms with Crippen molar-refractivity contribution in [3.8, 4) is 0 Å². The molecule has 0 saturated heterocycles. The van der Waals surface area contributed by atoms with E-state index in [1.54, 1.807) is 25.0 Å². The van der Waals surface area contributed by atoms with E-state index in [0.717, 1.165) is 56.2 Å². The first kappa shape index (κ1) is 48.5. The van der Waals surface area contributed by atoms with Crippen LogP contribution < -0.4 is 0 Å². The summed E-state index contributed by atoms with van der Waals surface area (Å²) < 4.78 is 2.09. The van der Waals surface area contributed by atoms with E-state index >= 15 is 0 Å². The first-order chi connectivity index (χ1) is 24.3. The van der Waals surface area contributed by atoms with Gasteiger partial charge in [-0.1, -0.05) is 92.0 Å². The Labute approximate surface area is 334 Å². The quantitative estimate of drug-likeness (QED) is 0.138. The van der Waals surface area contributed by atoms with Crippen molar-refractivity contribution in [3.05, 3.63) is 97.1 Å². The lowest BCUT2D eigenvalue weighted by Crippen LogP contribution is -2.20. The number of nitrogens with one attached hydrogen (secondary N) is 3. The van der Waals surface area contributed by atoms with Gasteiger partial charge in [0.15, 0.2) is 22.6 Å². The van der Waals surface area contributed by atoms with E-state index in [-0.39, 0.29) is 51.5 Å². The molecule has 8 aromatic rings. The van der Waals surface area contributed by atoms with Crippen LogP contribution in [0.4, 0.5) is 0 Å². The van der Waals surface area contributed by atoms with Crippen LogP contribution >= 0.6 is 0 Å². The SMILES string of the molecule is C.C.C.C.CC(C)(C)c1ccc2[nH]cnc2n1.CC(C)(C)c1ccnc2nc[nH]c12.CC(C)(C)c1nc2ncccc2[nH]1.CC(C)(C)n1cnc2cccnc21. The molecule has 0 aliphatic rings. The standard InChI is InChI=1S/4C10H13N3.4CH4/c1-10(2,3)7-4-5-11-9-8(7)12-6-13-9;1-10(2,3)8-5-4-7-9(13-8)12-6-11-7;1-10(2,3)13-7-12-8-5-4-6-11-9(8)13;1-10(2,3)9-12-7-5-4-6-11-8(7)13-9;;;;/h2*4-6H,1-3H3,(H,11,12,13);4-7H,1-3H3;4-6H,1-3H3,(H,11,12,13);4*1H4. The Morgan fingerprint density at radius 3 is 1.75 bits per heavy atom. The fourth-order valence-corrected chi connectivity index (χ4v) is 5.25. The van der Waals surface area contributed by atoms with Gasteiger partial charge in [0.05, 0.1) is 35.5 Å². The minimum atomic E-state index is 0. The number of rotatable bonds is 0. The number of aromatic amines is 3. The molecule has 0 unspecified atom stereocenters. The maximum atomic E-state index is 4.46. The smallest absolute Gasteiger partial charge is 0.177 e. The van der Waals surface area contributed by atoms with E-state index in [1.165, 1.54) is 5.56 Å². The number of H-pyrrole nitrogens is 3. The number of pyridine rings is 4. The summed E-state index contributed by atoms with van der Waals surface area (Å²) in [5.41, 5.74) is 10.0. The molecule has 0 amide bonds. The molecule has 8 heterocycles. The maximum absolute atomic E-state index is 4.46. The summed E-state index contributed by atoms with van der Waals surface area (Å²) in [6, 6.07) is 13.9. The number of imidazole rings is 4. The molecule has 304 valence electrons. The average molecular weight is 765 g/mol. The Bertz CT molecular complexity index is 2300. The largest absolute Gasteiger partial charge is 0.343 e. The van der Waals surface area contributed by atoms with Gasteiger partial charge >= 0.3 is 0 Å². The lowest BCUT2D eigenvalue weighted by atomic mass is 9.87. The molecule has 12 heteroatoms. The molecule has 0 bridgehead atoms. The molecule has 0 spiro atoms. The molecular weight excluding hydrogens is 697 g/mol. The Hall–Kier alpha value is -5.52. The van der Waals surface area contributed by atoms with Crippen molar-refractivity contribution in [2.24, 2.45) is 0 Å². The first-order valence-corrected chi connectivity index (χ1v) is 17.5. The summed E-state index contributed by atoms with van der Waals surface area (Å²) in [5.74, 6) is 0.987. The second kappa shape index (κ2) is 18.9. The monoisotopic (exact) mass is 765 g/mol. The molecule has 8 aromatic heterocycles. The van der Waals surface area contributed by atoms with Crippen molar-refractivity contribution in [1.29, 1.82) is 0 Å². The number of fused-ring (bicyclic) bond motifs is 4. The van der Waals surface area contributed by atoms with Gasteiger partial charge < -0.3 is 19.5 Å². The molecule has 0 aromatic carbocycles. The predicted octanol–water partition coefficient (Wildman–Crippen LogP) is 11.5. The van der Waals surface area contributed by atoms with Crippen molar-refractivity contribution in [3.63, 3.8) is 0 Å². The van der Waals surface area contributed by atoms with E-state index in [9.17, 15) is 0 Å². The topological polar surface area (TPSA) is 155 Å². The van der Waals surface area contributed by atoms with Gasteiger partial charge in [-0.05, 0) is 74.2 Å². The molecule has 56 heavy (non-hydrogen) atoms. The van der Waals surface area contributed by atoms with Crippen LogP contribution in [0.1, 0.15) is 130 Å². The summed E-state index contributed by atoms with van der Waals surface area (Å²) >= 11 is 0. The Morgan fingerprint density at radius 2 is 1.12 bits per heavy atom. The summed E-state index contributed by atoms with van der Waals surface area (Å²) in [6.07, 6.45) is 10.6. The third kappa shape index (κ3) is 11.7. The zero-order chi connectivity index (χ0) is 37.9. The minimum Gasteiger partial charge on any atom is -0.343 e. The van der Waals surface area contributed by atoms with Crippen molar-refractivity contribution in [1.82, 2.24) is 59.4 Å². The van der Waals surface area contributed by atoms with Crippen LogP contribution in [-0.2, 0) is 21.8 Å². The normalized spacial score (nSPS) is 11.4. The predicted molar refractivity (Wildman–Crippen MR) is 237 cm³/mol. The molecule has 8 rings (SSSR count). The average Bonchev–Trinajstić information content (AvgIpc) is 3.89. The van der Waals surface area contributed by atoms with Gasteiger partial charge in [-0.2, -0.15) is 0 Å². The zero-order valence-electron chi connectivity index (χ0n) is 32.5. The van der Waals surface area contributed by atoms with Crippen LogP contribution in [0.3, 0.4) is 0 Å². The molecule has 0 aliphatic carbocycles. The van der Waals surface area contributed by atoms with Crippen LogP contribution in [-0.4, -0.2) is 59.4 Å². The molecule has 0 atom stereocenters. The molecule has 0 fully saturated rings. The van der Waals surface area contributed by atoms with E-state index < -0.39 is 0 Å². The van der Waals surface area contributed by atoms with Gasteiger partial charge in [-0.25, -0.2) is 39.9 Å². The molecule has 0 radical (unpaired) electrons. The Morgan fingerprint density at radius 1 is 0.518 bits per heavy atom. The third-order valence-corrected chi connectivity index (χ3v) is 8.18. The van der Waals surface area contributed by atoms with Gasteiger partial charge in [0.25, 0.3) is 0 Å². The molecular formula is C44H68N12. The fourth-order valence-electron chi connectivity index (χ4n) is 5.25. The van der Waals surface area contributed by atoms with Gasteiger partial charge in [-0.3, -0.25) is 0 Å². The fraction of sp³-hybridized carbons (Fsp3) is 0.455. The maximum Gasteiger partial charge on any atom is 0.177 e. The van der Waals surface area contributed by atoms with Crippen molar-refractivity contribution < 1.29 is 0 Å². The highest BCUT2D eigenvalue weighted by atomic mass is 15.1. The van der Waals surface area contributed by atoms with Crippen LogP contribution in [0.5, 0.6) is 0 Å². The molecule has 3 N–H and O–H groups in total. The summed E-state index contributed by atoms with van der Waals surface area (Å²) in [7, 11) is 0. The second-order valence-electron chi connectivity index (χ2n) is 16.8. The Kier molecular flexibility index (Phi) is 16.4. The van der Waals surface area contributed by atoms with Gasteiger partial charge in [0.2, 0.25) is 0 Å². The van der Waals surface area contributed by atoms with Crippen LogP contribution in [0.2, 0.25) is 0 Å². The third-order valence-electron chi connectivity index (χ3n) is 8.18. The number of nitrogens with zero attached hydrogens (tertiary/aromatic N) is 9. The summed E-state index contributed by atoms with van der Waals surface area (Å²) in [4.78, 5) is 43.5. The lowest BCUT2D eigenvalue weighted by molar-refractivity contribution is 0.406. The lowest BCUT2D eigenvalue weighted by Gasteiger charge is -2.20. The minimum absolute atomic E-state index is 0. The first-order valence-electron chi connectivity index (χ1n) is 17.5. The highest BCUT2D eigenvalue weighted by Gasteiger charge is 2.20. The van der Waals surface area contributed by atoms with Gasteiger partial charge in [0.1, 0.15) is 11.3 Å². The van der Waals surface area contributed by atoms with Crippen molar-refractivity contribution >= 4 is 44.7 Å². The summed E-state index contributed by atoms with van der Waals surface area (Å²) in [6.45, 7) is 25.8. The highest BCUT2D eigenvalue weighted by Crippen LogP contribution is 2.27. The Balaban J connectivity index is 0.000000365. The summed E-state index contributed by atoms with van der Waals surface area (Å²) in [5, 5.41) is 0.